The number of aliphatic hydroxyl groups is 1. The second-order valence-corrected chi connectivity index (χ2v) is 6.10. The van der Waals surface area contributed by atoms with E-state index in [1.54, 1.807) is 0 Å². The van der Waals surface area contributed by atoms with Crippen molar-refractivity contribution in [2.24, 2.45) is 5.92 Å². The summed E-state index contributed by atoms with van der Waals surface area (Å²) in [6.07, 6.45) is 2.93. The van der Waals surface area contributed by atoms with Gasteiger partial charge in [0.15, 0.2) is 0 Å². The lowest BCUT2D eigenvalue weighted by Gasteiger charge is -2.39. The molecular formula is C17H23NO. The van der Waals surface area contributed by atoms with Gasteiger partial charge >= 0.3 is 0 Å². The predicted molar refractivity (Wildman–Crippen MR) is 77.9 cm³/mol. The molecule has 0 bridgehead atoms. The van der Waals surface area contributed by atoms with Crippen molar-refractivity contribution >= 4 is 0 Å². The zero-order valence-corrected chi connectivity index (χ0v) is 11.7. The molecule has 0 amide bonds. The van der Waals surface area contributed by atoms with Crippen LogP contribution in [0.25, 0.3) is 0 Å². The van der Waals surface area contributed by atoms with Gasteiger partial charge in [0.1, 0.15) is 0 Å². The number of hydrogen-bond donors (Lipinski definition) is 1. The molecule has 1 N–H and O–H groups in total. The van der Waals surface area contributed by atoms with Crippen molar-refractivity contribution in [2.45, 2.75) is 44.9 Å². The number of nitrogens with zero attached hydrogens (tertiary/aromatic N) is 1. The summed E-state index contributed by atoms with van der Waals surface area (Å²) >= 11 is 0. The first-order chi connectivity index (χ1) is 9.16. The van der Waals surface area contributed by atoms with Crippen molar-refractivity contribution in [1.82, 2.24) is 4.90 Å². The minimum Gasteiger partial charge on any atom is -0.391 e. The van der Waals surface area contributed by atoms with Gasteiger partial charge in [0, 0.05) is 18.5 Å². The molecule has 0 aliphatic carbocycles. The highest BCUT2D eigenvalue weighted by Crippen LogP contribution is 2.33. The first-order valence-electron chi connectivity index (χ1n) is 7.31. The molecule has 2 heterocycles. The Hall–Kier alpha value is -1.12. The van der Waals surface area contributed by atoms with Gasteiger partial charge in [-0.3, -0.25) is 4.90 Å². The van der Waals surface area contributed by atoms with E-state index >= 15 is 0 Å². The predicted octanol–water partition coefficient (Wildman–Crippen LogP) is 2.76. The topological polar surface area (TPSA) is 23.5 Å². The molecule has 1 aromatic carbocycles. The van der Waals surface area contributed by atoms with E-state index in [4.69, 9.17) is 0 Å². The number of hydrogen-bond acceptors (Lipinski definition) is 2. The molecule has 3 rings (SSSR count). The average Bonchev–Trinajstić information content (AvgIpc) is 2.56. The monoisotopic (exact) mass is 257 g/mol. The highest BCUT2D eigenvalue weighted by molar-refractivity contribution is 5.31. The van der Waals surface area contributed by atoms with Crippen LogP contribution in [0.1, 0.15) is 30.9 Å². The highest BCUT2D eigenvalue weighted by atomic mass is 16.3. The van der Waals surface area contributed by atoms with Crippen molar-refractivity contribution in [3.05, 3.63) is 47.5 Å². The van der Waals surface area contributed by atoms with Crippen LogP contribution in [-0.4, -0.2) is 28.7 Å². The van der Waals surface area contributed by atoms with Crippen LogP contribution in [0, 0.1) is 5.92 Å². The summed E-state index contributed by atoms with van der Waals surface area (Å²) in [5, 5.41) is 10.7. The lowest BCUT2D eigenvalue weighted by molar-refractivity contribution is 0.0261. The Morgan fingerprint density at radius 3 is 2.79 bits per heavy atom. The van der Waals surface area contributed by atoms with Crippen LogP contribution in [-0.2, 0) is 13.0 Å². The van der Waals surface area contributed by atoms with Crippen molar-refractivity contribution in [1.29, 1.82) is 0 Å². The first kappa shape index (κ1) is 12.9. The van der Waals surface area contributed by atoms with Gasteiger partial charge in [0.2, 0.25) is 0 Å². The third-order valence-corrected chi connectivity index (χ3v) is 4.79. The summed E-state index contributed by atoms with van der Waals surface area (Å²) in [5.41, 5.74) is 3.97. The maximum Gasteiger partial charge on any atom is 0.0763 e. The summed E-state index contributed by atoms with van der Waals surface area (Å²) in [7, 11) is 0. The maximum atomic E-state index is 10.7. The number of fused-ring (bicyclic) bond motifs is 2. The molecule has 0 radical (unpaired) electrons. The minimum atomic E-state index is -0.270. The van der Waals surface area contributed by atoms with Gasteiger partial charge in [-0.1, -0.05) is 36.4 Å². The van der Waals surface area contributed by atoms with Gasteiger partial charge in [-0.15, -0.1) is 0 Å². The Morgan fingerprint density at radius 1 is 1.32 bits per heavy atom. The second kappa shape index (κ2) is 5.10. The Bertz CT molecular complexity index is 482. The third kappa shape index (κ3) is 2.35. The molecule has 0 unspecified atom stereocenters. The Labute approximate surface area is 115 Å². The Morgan fingerprint density at radius 2 is 2.05 bits per heavy atom. The smallest absolute Gasteiger partial charge is 0.0763 e. The van der Waals surface area contributed by atoms with Crippen molar-refractivity contribution in [3.8, 4) is 0 Å². The zero-order valence-electron chi connectivity index (χ0n) is 11.7. The number of benzene rings is 1. The molecule has 1 aromatic rings. The summed E-state index contributed by atoms with van der Waals surface area (Å²) in [5.74, 6) is 0.264. The first-order valence-corrected chi connectivity index (χ1v) is 7.31. The lowest BCUT2D eigenvalue weighted by atomic mass is 9.83. The summed E-state index contributed by atoms with van der Waals surface area (Å²) < 4.78 is 0. The van der Waals surface area contributed by atoms with Gasteiger partial charge in [0.05, 0.1) is 6.10 Å². The van der Waals surface area contributed by atoms with E-state index in [1.807, 2.05) is 0 Å². The molecular weight excluding hydrogens is 234 g/mol. The van der Waals surface area contributed by atoms with Gasteiger partial charge in [-0.05, 0) is 43.9 Å². The fraction of sp³-hybridized carbons (Fsp3) is 0.529. The Balaban J connectivity index is 1.90. The fourth-order valence-corrected chi connectivity index (χ4v) is 3.67. The van der Waals surface area contributed by atoms with Crippen molar-refractivity contribution in [3.63, 3.8) is 0 Å². The normalized spacial score (nSPS) is 31.2. The van der Waals surface area contributed by atoms with Crippen molar-refractivity contribution < 1.29 is 5.11 Å². The lowest BCUT2D eigenvalue weighted by Crippen LogP contribution is -2.48. The zero-order chi connectivity index (χ0) is 13.4. The van der Waals surface area contributed by atoms with Crippen LogP contribution < -0.4 is 0 Å². The van der Waals surface area contributed by atoms with Gasteiger partial charge in [-0.25, -0.2) is 0 Å². The number of rotatable bonds is 1. The average molecular weight is 257 g/mol. The van der Waals surface area contributed by atoms with E-state index in [0.29, 0.717) is 0 Å². The molecule has 3 atom stereocenters. The fourth-order valence-electron chi connectivity index (χ4n) is 3.67. The van der Waals surface area contributed by atoms with Crippen LogP contribution in [0.4, 0.5) is 0 Å². The molecule has 2 heteroatoms. The molecule has 0 saturated carbocycles. The molecule has 1 saturated heterocycles. The molecule has 102 valence electrons. The van der Waals surface area contributed by atoms with E-state index in [9.17, 15) is 5.11 Å². The van der Waals surface area contributed by atoms with E-state index in [0.717, 1.165) is 37.9 Å². The molecule has 2 aliphatic rings. The minimum absolute atomic E-state index is 0.263. The highest BCUT2D eigenvalue weighted by Gasteiger charge is 2.37. The maximum absolute atomic E-state index is 10.7. The molecule has 19 heavy (non-hydrogen) atoms. The van der Waals surface area contributed by atoms with Gasteiger partial charge in [-0.2, -0.15) is 0 Å². The SMILES string of the molecule is C=C(C)[C@H]1CCCN2Cc3ccccc3C[C@H]2[C@H]1O. The van der Waals surface area contributed by atoms with E-state index in [1.165, 1.54) is 11.1 Å². The van der Waals surface area contributed by atoms with Crippen molar-refractivity contribution in [2.75, 3.05) is 6.54 Å². The summed E-state index contributed by atoms with van der Waals surface area (Å²) in [6, 6.07) is 8.91. The van der Waals surface area contributed by atoms with Crippen LogP contribution >= 0.6 is 0 Å². The largest absolute Gasteiger partial charge is 0.391 e. The standard InChI is InChI=1S/C17H23NO/c1-12(2)15-8-5-9-18-11-14-7-4-3-6-13(14)10-16(18)17(15)19/h3-4,6-7,15-17,19H,1,5,8-11H2,2H3/t15-,16+,17+/m1/s1. The molecule has 2 aliphatic heterocycles. The Kier molecular flexibility index (Phi) is 3.46. The van der Waals surface area contributed by atoms with E-state index in [-0.39, 0.29) is 18.1 Å². The van der Waals surface area contributed by atoms with Crippen LogP contribution in [0.15, 0.2) is 36.4 Å². The van der Waals surface area contributed by atoms with Gasteiger partial charge < -0.3 is 5.11 Å². The second-order valence-electron chi connectivity index (χ2n) is 6.10. The van der Waals surface area contributed by atoms with Crippen LogP contribution in [0.3, 0.4) is 0 Å². The van der Waals surface area contributed by atoms with Gasteiger partial charge in [0.25, 0.3) is 0 Å². The van der Waals surface area contributed by atoms with Crippen LogP contribution in [0.2, 0.25) is 0 Å². The summed E-state index contributed by atoms with van der Waals surface area (Å²) in [6.45, 7) is 8.21. The quantitative estimate of drug-likeness (QED) is 0.782. The summed E-state index contributed by atoms with van der Waals surface area (Å²) in [4.78, 5) is 2.47. The number of aliphatic hydroxyl groups excluding tert-OH is 1. The van der Waals surface area contributed by atoms with Crippen LogP contribution in [0.5, 0.6) is 0 Å². The molecule has 0 aromatic heterocycles. The molecule has 1 fully saturated rings. The van der Waals surface area contributed by atoms with E-state index < -0.39 is 0 Å². The third-order valence-electron chi connectivity index (χ3n) is 4.79. The molecule has 0 spiro atoms. The van der Waals surface area contributed by atoms with E-state index in [2.05, 4.69) is 42.7 Å². The molecule has 2 nitrogen and oxygen atoms in total.